The molecule has 1 aromatic rings. The van der Waals surface area contributed by atoms with E-state index in [4.69, 9.17) is 4.55 Å². The molecular weight excluding hydrogens is 332 g/mol. The van der Waals surface area contributed by atoms with Crippen LogP contribution in [0.1, 0.15) is 77.2 Å². The normalized spacial score (nSPS) is 18.8. The molecule has 0 amide bonds. The lowest BCUT2D eigenvalue weighted by Gasteiger charge is -2.36. The third-order valence-electron chi connectivity index (χ3n) is 6.03. The summed E-state index contributed by atoms with van der Waals surface area (Å²) in [6, 6.07) is 6.73. The monoisotopic (exact) mass is 366 g/mol. The number of hydrogen-bond acceptors (Lipinski definition) is 2. The van der Waals surface area contributed by atoms with Gasteiger partial charge >= 0.3 is 0 Å². The average Bonchev–Trinajstić information content (AvgIpc) is 2.61. The quantitative estimate of drug-likeness (QED) is 0.554. The zero-order chi connectivity index (χ0) is 18.3. The highest BCUT2D eigenvalue weighted by Gasteiger charge is 2.28. The smallest absolute Gasteiger partial charge is 0.282 e. The van der Waals surface area contributed by atoms with Crippen LogP contribution < -0.4 is 0 Å². The zero-order valence-electron chi connectivity index (χ0n) is 15.8. The Labute approximate surface area is 154 Å². The molecular formula is C21H34O3S. The Hall–Kier alpha value is -0.870. The molecule has 0 bridgehead atoms. The van der Waals surface area contributed by atoms with Crippen molar-refractivity contribution in [2.45, 2.75) is 83.0 Å². The van der Waals surface area contributed by atoms with Gasteiger partial charge in [-0.25, -0.2) is 0 Å². The van der Waals surface area contributed by atoms with E-state index in [1.807, 2.05) is 12.1 Å². The summed E-state index contributed by atoms with van der Waals surface area (Å²) in [6.45, 7) is 4.62. The Morgan fingerprint density at radius 2 is 1.68 bits per heavy atom. The van der Waals surface area contributed by atoms with E-state index >= 15 is 0 Å². The van der Waals surface area contributed by atoms with Gasteiger partial charge in [0.2, 0.25) is 0 Å². The number of benzene rings is 1. The summed E-state index contributed by atoms with van der Waals surface area (Å²) < 4.78 is 31.4. The summed E-state index contributed by atoms with van der Waals surface area (Å²) >= 11 is 0. The van der Waals surface area contributed by atoms with Crippen molar-refractivity contribution >= 4 is 10.1 Å². The topological polar surface area (TPSA) is 54.4 Å². The van der Waals surface area contributed by atoms with Crippen LogP contribution in [0.15, 0.2) is 29.2 Å². The van der Waals surface area contributed by atoms with Gasteiger partial charge in [0.15, 0.2) is 0 Å². The van der Waals surface area contributed by atoms with Gasteiger partial charge in [0.1, 0.15) is 0 Å². The first-order valence-corrected chi connectivity index (χ1v) is 11.5. The Morgan fingerprint density at radius 1 is 1.04 bits per heavy atom. The molecule has 0 radical (unpaired) electrons. The minimum Gasteiger partial charge on any atom is -0.282 e. The fraction of sp³-hybridized carbons (Fsp3) is 0.714. The van der Waals surface area contributed by atoms with Crippen LogP contribution >= 0.6 is 0 Å². The molecule has 0 heterocycles. The summed E-state index contributed by atoms with van der Waals surface area (Å²) in [5.41, 5.74) is 1.17. The van der Waals surface area contributed by atoms with Crippen LogP contribution in [-0.4, -0.2) is 13.0 Å². The van der Waals surface area contributed by atoms with Gasteiger partial charge in [0.25, 0.3) is 10.1 Å². The summed E-state index contributed by atoms with van der Waals surface area (Å²) in [7, 11) is -4.09. The second-order valence-corrected chi connectivity index (χ2v) is 9.10. The Bertz CT molecular complexity index is 596. The molecule has 2 unspecified atom stereocenters. The molecule has 1 aromatic carbocycles. The van der Waals surface area contributed by atoms with E-state index < -0.39 is 10.1 Å². The van der Waals surface area contributed by atoms with E-state index in [1.54, 1.807) is 0 Å². The highest BCUT2D eigenvalue weighted by Crippen LogP contribution is 2.39. The van der Waals surface area contributed by atoms with E-state index in [1.165, 1.54) is 75.5 Å². The van der Waals surface area contributed by atoms with Gasteiger partial charge in [-0.3, -0.25) is 4.55 Å². The molecule has 1 fully saturated rings. The lowest BCUT2D eigenvalue weighted by Crippen LogP contribution is -2.26. The average molecular weight is 367 g/mol. The van der Waals surface area contributed by atoms with E-state index in [9.17, 15) is 8.42 Å². The molecule has 4 heteroatoms. The van der Waals surface area contributed by atoms with Crippen molar-refractivity contribution < 1.29 is 13.0 Å². The van der Waals surface area contributed by atoms with Crippen LogP contribution in [0.25, 0.3) is 0 Å². The van der Waals surface area contributed by atoms with Crippen LogP contribution in [0, 0.1) is 17.8 Å². The maximum absolute atomic E-state index is 11.2. The van der Waals surface area contributed by atoms with Crippen LogP contribution in [0.5, 0.6) is 0 Å². The molecule has 1 saturated carbocycles. The number of hydrogen-bond donors (Lipinski definition) is 1. The fourth-order valence-corrected chi connectivity index (χ4v) is 5.15. The van der Waals surface area contributed by atoms with Gasteiger partial charge in [0, 0.05) is 0 Å². The Morgan fingerprint density at radius 3 is 2.20 bits per heavy atom. The van der Waals surface area contributed by atoms with Crippen molar-refractivity contribution in [2.75, 3.05) is 0 Å². The molecule has 2 atom stereocenters. The second-order valence-electron chi connectivity index (χ2n) is 7.68. The third kappa shape index (κ3) is 6.10. The maximum Gasteiger partial charge on any atom is 0.294 e. The second kappa shape index (κ2) is 9.72. The van der Waals surface area contributed by atoms with Crippen molar-refractivity contribution in [3.05, 3.63) is 29.8 Å². The SMILES string of the molecule is CCCC(CC)C(CCc1ccc(S(=O)(=O)O)cc1)C1CCCCC1. The van der Waals surface area contributed by atoms with Crippen molar-refractivity contribution in [3.8, 4) is 0 Å². The third-order valence-corrected chi connectivity index (χ3v) is 6.90. The summed E-state index contributed by atoms with van der Waals surface area (Å²) in [5.74, 6) is 2.46. The van der Waals surface area contributed by atoms with Gasteiger partial charge in [-0.15, -0.1) is 0 Å². The molecule has 0 saturated heterocycles. The molecule has 3 nitrogen and oxygen atoms in total. The van der Waals surface area contributed by atoms with Crippen LogP contribution in [-0.2, 0) is 16.5 Å². The zero-order valence-corrected chi connectivity index (χ0v) is 16.6. The fourth-order valence-electron chi connectivity index (χ4n) is 4.67. The van der Waals surface area contributed by atoms with Crippen LogP contribution in [0.2, 0.25) is 0 Å². The summed E-state index contributed by atoms with van der Waals surface area (Å²) in [4.78, 5) is -0.0162. The van der Waals surface area contributed by atoms with Crippen molar-refractivity contribution in [1.29, 1.82) is 0 Å². The molecule has 1 aliphatic rings. The van der Waals surface area contributed by atoms with Crippen molar-refractivity contribution in [1.82, 2.24) is 0 Å². The first kappa shape index (κ1) is 20.4. The number of rotatable bonds is 9. The van der Waals surface area contributed by atoms with E-state index in [0.717, 1.165) is 24.2 Å². The molecule has 0 aliphatic heterocycles. The lowest BCUT2D eigenvalue weighted by molar-refractivity contribution is 0.154. The molecule has 0 spiro atoms. The molecule has 1 aliphatic carbocycles. The highest BCUT2D eigenvalue weighted by atomic mass is 32.2. The predicted octanol–water partition coefficient (Wildman–Crippen LogP) is 5.89. The maximum atomic E-state index is 11.2. The molecule has 1 N–H and O–H groups in total. The standard InChI is InChI=1S/C21H34O3S/c1-3-8-18(4-2)21(19-9-6-5-7-10-19)16-13-17-11-14-20(15-12-17)25(22,23)24/h11-12,14-15,18-19,21H,3-10,13,16H2,1-2H3,(H,22,23,24). The molecule has 2 rings (SSSR count). The summed E-state index contributed by atoms with van der Waals surface area (Å²) in [5, 5.41) is 0. The van der Waals surface area contributed by atoms with Crippen molar-refractivity contribution in [2.24, 2.45) is 17.8 Å². The minimum absolute atomic E-state index is 0.0162. The molecule has 142 valence electrons. The van der Waals surface area contributed by atoms with Gasteiger partial charge in [-0.05, 0) is 48.3 Å². The van der Waals surface area contributed by atoms with Gasteiger partial charge in [0.05, 0.1) is 4.90 Å². The highest BCUT2D eigenvalue weighted by molar-refractivity contribution is 7.85. The Kier molecular flexibility index (Phi) is 7.95. The Balaban J connectivity index is 2.05. The van der Waals surface area contributed by atoms with Gasteiger partial charge in [-0.1, -0.05) is 77.3 Å². The molecule has 0 aromatic heterocycles. The lowest BCUT2D eigenvalue weighted by atomic mass is 9.70. The van der Waals surface area contributed by atoms with Gasteiger partial charge < -0.3 is 0 Å². The van der Waals surface area contributed by atoms with Crippen LogP contribution in [0.3, 0.4) is 0 Å². The predicted molar refractivity (Wildman–Crippen MR) is 103 cm³/mol. The van der Waals surface area contributed by atoms with Crippen LogP contribution in [0.4, 0.5) is 0 Å². The largest absolute Gasteiger partial charge is 0.294 e. The first-order valence-electron chi connectivity index (χ1n) is 10.0. The summed E-state index contributed by atoms with van der Waals surface area (Å²) in [6.07, 6.45) is 12.9. The van der Waals surface area contributed by atoms with Crippen molar-refractivity contribution in [3.63, 3.8) is 0 Å². The number of aryl methyl sites for hydroxylation is 1. The van der Waals surface area contributed by atoms with Gasteiger partial charge in [-0.2, -0.15) is 8.42 Å². The first-order chi connectivity index (χ1) is 12.0. The van der Waals surface area contributed by atoms with E-state index in [-0.39, 0.29) is 4.90 Å². The molecule has 25 heavy (non-hydrogen) atoms. The minimum atomic E-state index is -4.09. The van der Waals surface area contributed by atoms with E-state index in [2.05, 4.69) is 13.8 Å². The van der Waals surface area contributed by atoms with E-state index in [0.29, 0.717) is 0 Å².